The highest BCUT2D eigenvalue weighted by molar-refractivity contribution is 5.01. The third kappa shape index (κ3) is 1.88. The van der Waals surface area contributed by atoms with Crippen molar-refractivity contribution in [3.63, 3.8) is 0 Å². The summed E-state index contributed by atoms with van der Waals surface area (Å²) in [4.78, 5) is 24.4. The van der Waals surface area contributed by atoms with Gasteiger partial charge in [0.15, 0.2) is 11.9 Å². The molecule has 0 aliphatic carbocycles. The fraction of sp³-hybridized carbons (Fsp3) is 0.600. The molecule has 100 valence electrons. The zero-order chi connectivity index (χ0) is 13.5. The largest absolute Gasteiger partial charge is 0.394 e. The van der Waals surface area contributed by atoms with Crippen molar-refractivity contribution in [2.24, 2.45) is 0 Å². The molecular weight excluding hydrogens is 247 g/mol. The van der Waals surface area contributed by atoms with Gasteiger partial charge in [-0.3, -0.25) is 14.3 Å². The minimum Gasteiger partial charge on any atom is -0.394 e. The predicted octanol–water partition coefficient (Wildman–Crippen LogP) is -1.48. The van der Waals surface area contributed by atoms with E-state index < -0.39 is 42.0 Å². The molecule has 0 spiro atoms. The maximum atomic E-state index is 14.3. The van der Waals surface area contributed by atoms with Crippen LogP contribution in [-0.2, 0) is 4.74 Å². The number of aromatic amines is 1. The van der Waals surface area contributed by atoms with Crippen molar-refractivity contribution >= 4 is 0 Å². The number of aliphatic hydroxyl groups excluding tert-OH is 2. The number of hydrogen-bond donors (Lipinski definition) is 3. The van der Waals surface area contributed by atoms with E-state index in [0.29, 0.717) is 0 Å². The van der Waals surface area contributed by atoms with Gasteiger partial charge in [-0.15, -0.1) is 0 Å². The van der Waals surface area contributed by atoms with Gasteiger partial charge in [-0.05, 0) is 6.92 Å². The number of alkyl halides is 1. The Balaban J connectivity index is 2.45. The highest BCUT2D eigenvalue weighted by Gasteiger charge is 2.54. The molecular formula is C10H13FN2O5. The van der Waals surface area contributed by atoms with Gasteiger partial charge in [0.25, 0.3) is 5.56 Å². The molecule has 8 heteroatoms. The fourth-order valence-electron chi connectivity index (χ4n) is 1.97. The van der Waals surface area contributed by atoms with Crippen molar-refractivity contribution in [2.75, 3.05) is 6.61 Å². The van der Waals surface area contributed by atoms with Gasteiger partial charge >= 0.3 is 5.69 Å². The Morgan fingerprint density at radius 1 is 1.61 bits per heavy atom. The zero-order valence-electron chi connectivity index (χ0n) is 9.54. The molecule has 7 nitrogen and oxygen atoms in total. The Bertz CT molecular complexity index is 552. The van der Waals surface area contributed by atoms with Crippen LogP contribution in [0.3, 0.4) is 0 Å². The van der Waals surface area contributed by atoms with Crippen LogP contribution in [0.1, 0.15) is 13.2 Å². The second-order valence-corrected chi connectivity index (χ2v) is 4.32. The van der Waals surface area contributed by atoms with Gasteiger partial charge in [0, 0.05) is 12.3 Å². The van der Waals surface area contributed by atoms with Gasteiger partial charge in [0.2, 0.25) is 0 Å². The summed E-state index contributed by atoms with van der Waals surface area (Å²) in [6.07, 6.45) is -3.01. The molecule has 18 heavy (non-hydrogen) atoms. The first-order valence-electron chi connectivity index (χ1n) is 5.32. The quantitative estimate of drug-likeness (QED) is 0.601. The molecule has 1 aliphatic rings. The predicted molar refractivity (Wildman–Crippen MR) is 57.8 cm³/mol. The number of hydrogen-bond acceptors (Lipinski definition) is 5. The monoisotopic (exact) mass is 260 g/mol. The molecule has 1 aromatic rings. The van der Waals surface area contributed by atoms with E-state index in [2.05, 4.69) is 0 Å². The minimum absolute atomic E-state index is 0.574. The third-order valence-electron chi connectivity index (χ3n) is 3.00. The molecule has 1 saturated heterocycles. The lowest BCUT2D eigenvalue weighted by Crippen LogP contribution is -2.43. The molecule has 1 aliphatic heterocycles. The van der Waals surface area contributed by atoms with Crippen LogP contribution in [0.25, 0.3) is 0 Å². The minimum atomic E-state index is -2.25. The second-order valence-electron chi connectivity index (χ2n) is 4.32. The summed E-state index contributed by atoms with van der Waals surface area (Å²) >= 11 is 0. The smallest absolute Gasteiger partial charge is 0.330 e. The molecule has 0 aromatic carbocycles. The third-order valence-corrected chi connectivity index (χ3v) is 3.00. The maximum Gasteiger partial charge on any atom is 0.330 e. The molecule has 2 heterocycles. The Morgan fingerprint density at radius 2 is 2.28 bits per heavy atom. The van der Waals surface area contributed by atoms with Crippen molar-refractivity contribution in [1.82, 2.24) is 9.55 Å². The summed E-state index contributed by atoms with van der Waals surface area (Å²) in [6.45, 7) is 0.491. The summed E-state index contributed by atoms with van der Waals surface area (Å²) in [7, 11) is 0. The molecule has 0 radical (unpaired) electrons. The van der Waals surface area contributed by atoms with E-state index >= 15 is 0 Å². The molecule has 4 atom stereocenters. The molecule has 3 N–H and O–H groups in total. The standard InChI is InChI=1S/C10H13FN2O5/c1-10(11)7(16)5(4-14)18-8(10)13-3-2-6(15)12-9(13)17/h2-3,5,7-8,14,16H,4H2,1H3,(H,12,15,17)/t5-,7-,8+,10+/m1/s1. The summed E-state index contributed by atoms with van der Waals surface area (Å²) in [5.74, 6) is 0. The number of nitrogens with one attached hydrogen (secondary N) is 1. The van der Waals surface area contributed by atoms with Crippen LogP contribution in [0, 0.1) is 0 Å². The number of halogens is 1. The van der Waals surface area contributed by atoms with Crippen molar-refractivity contribution < 1.29 is 19.3 Å². The maximum absolute atomic E-state index is 14.3. The van der Waals surface area contributed by atoms with Gasteiger partial charge in [-0.1, -0.05) is 0 Å². The van der Waals surface area contributed by atoms with Crippen LogP contribution in [0.5, 0.6) is 0 Å². The van der Waals surface area contributed by atoms with E-state index in [9.17, 15) is 19.1 Å². The average Bonchev–Trinajstić information content (AvgIpc) is 2.52. The Morgan fingerprint density at radius 3 is 2.78 bits per heavy atom. The van der Waals surface area contributed by atoms with E-state index in [1.165, 1.54) is 0 Å². The Hall–Kier alpha value is -1.51. The lowest BCUT2D eigenvalue weighted by molar-refractivity contribution is -0.0611. The molecule has 0 unspecified atom stereocenters. The lowest BCUT2D eigenvalue weighted by Gasteiger charge is -2.24. The summed E-state index contributed by atoms with van der Waals surface area (Å²) in [5, 5.41) is 18.6. The fourth-order valence-corrected chi connectivity index (χ4v) is 1.97. The zero-order valence-corrected chi connectivity index (χ0v) is 9.54. The first kappa shape index (κ1) is 12.9. The number of H-pyrrole nitrogens is 1. The molecule has 0 amide bonds. The van der Waals surface area contributed by atoms with Crippen LogP contribution < -0.4 is 11.2 Å². The van der Waals surface area contributed by atoms with Crippen LogP contribution in [0.4, 0.5) is 4.39 Å². The average molecular weight is 260 g/mol. The van der Waals surface area contributed by atoms with Crippen molar-refractivity contribution in [1.29, 1.82) is 0 Å². The van der Waals surface area contributed by atoms with Crippen molar-refractivity contribution in [2.45, 2.75) is 31.0 Å². The van der Waals surface area contributed by atoms with Crippen LogP contribution in [-0.4, -0.2) is 44.2 Å². The van der Waals surface area contributed by atoms with E-state index in [-0.39, 0.29) is 0 Å². The van der Waals surface area contributed by atoms with Crippen molar-refractivity contribution in [3.8, 4) is 0 Å². The van der Waals surface area contributed by atoms with Crippen LogP contribution in [0.2, 0.25) is 0 Å². The normalized spacial score (nSPS) is 35.9. The van der Waals surface area contributed by atoms with Gasteiger partial charge < -0.3 is 14.9 Å². The van der Waals surface area contributed by atoms with Gasteiger partial charge in [-0.2, -0.15) is 0 Å². The first-order chi connectivity index (χ1) is 8.37. The summed E-state index contributed by atoms with van der Waals surface area (Å²) < 4.78 is 20.3. The Labute approximate surface area is 100 Å². The van der Waals surface area contributed by atoms with E-state index in [4.69, 9.17) is 9.84 Å². The Kier molecular flexibility index (Phi) is 3.09. The number of aliphatic hydroxyl groups is 2. The van der Waals surface area contributed by atoms with Crippen molar-refractivity contribution in [3.05, 3.63) is 33.1 Å². The molecule has 2 rings (SSSR count). The van der Waals surface area contributed by atoms with Gasteiger partial charge in [0.05, 0.1) is 6.61 Å². The molecule has 1 aromatic heterocycles. The van der Waals surface area contributed by atoms with E-state index in [1.54, 1.807) is 0 Å². The van der Waals surface area contributed by atoms with E-state index in [0.717, 1.165) is 23.8 Å². The topological polar surface area (TPSA) is 105 Å². The number of rotatable bonds is 2. The SMILES string of the molecule is C[C@]1(F)[C@H](O)[C@@H](CO)O[C@@H]1n1ccc(=O)[nH]c1=O. The summed E-state index contributed by atoms with van der Waals surface area (Å²) in [5.41, 5.74) is -3.72. The highest BCUT2D eigenvalue weighted by atomic mass is 19.1. The number of ether oxygens (including phenoxy) is 1. The van der Waals surface area contributed by atoms with E-state index in [1.807, 2.05) is 4.98 Å². The summed E-state index contributed by atoms with van der Waals surface area (Å²) in [6, 6.07) is 1.04. The second kappa shape index (κ2) is 4.30. The van der Waals surface area contributed by atoms with Gasteiger partial charge in [0.1, 0.15) is 12.2 Å². The van der Waals surface area contributed by atoms with Crippen LogP contribution >= 0.6 is 0 Å². The number of nitrogens with zero attached hydrogens (tertiary/aromatic N) is 1. The molecule has 0 bridgehead atoms. The molecule has 1 fully saturated rings. The lowest BCUT2D eigenvalue weighted by atomic mass is 9.98. The molecule has 0 saturated carbocycles. The van der Waals surface area contributed by atoms with Gasteiger partial charge in [-0.25, -0.2) is 9.18 Å². The first-order valence-corrected chi connectivity index (χ1v) is 5.32. The highest BCUT2D eigenvalue weighted by Crippen LogP contribution is 2.40. The number of aromatic nitrogens is 2. The van der Waals surface area contributed by atoms with Crippen LogP contribution in [0.15, 0.2) is 21.9 Å².